The number of cyclic esters (lactones) is 1. The Morgan fingerprint density at radius 1 is 1.05 bits per heavy atom. The van der Waals surface area contributed by atoms with Gasteiger partial charge < -0.3 is 49.6 Å². The molecule has 4 rings (SSSR count). The molecule has 0 amide bonds. The van der Waals surface area contributed by atoms with Crippen LogP contribution in [-0.4, -0.2) is 104 Å². The fraction of sp³-hybridized carbons (Fsp3) is 0.567. The third kappa shape index (κ3) is 8.06. The van der Waals surface area contributed by atoms with E-state index in [2.05, 4.69) is 6.58 Å². The highest BCUT2D eigenvalue weighted by Gasteiger charge is 2.49. The number of fused-ring (bicyclic) bond motifs is 1. The first-order chi connectivity index (χ1) is 20.5. The molecule has 0 bridgehead atoms. The lowest BCUT2D eigenvalue weighted by Gasteiger charge is -2.44. The van der Waals surface area contributed by atoms with Crippen molar-refractivity contribution >= 4 is 17.5 Å². The average Bonchev–Trinajstić information content (AvgIpc) is 2.96. The summed E-state index contributed by atoms with van der Waals surface area (Å²) in [4.78, 5) is 37.8. The predicted octanol–water partition coefficient (Wildman–Crippen LogP) is -0.215. The number of aliphatic hydroxyl groups is 5. The van der Waals surface area contributed by atoms with Crippen LogP contribution >= 0.6 is 0 Å². The Morgan fingerprint density at radius 2 is 1.74 bits per heavy atom. The van der Waals surface area contributed by atoms with Crippen LogP contribution in [0.1, 0.15) is 37.7 Å². The van der Waals surface area contributed by atoms with Crippen LogP contribution in [0, 0.1) is 11.8 Å². The molecule has 236 valence electrons. The molecule has 1 unspecified atom stereocenters. The summed E-state index contributed by atoms with van der Waals surface area (Å²) in [5, 5.41) is 59.6. The van der Waals surface area contributed by atoms with E-state index in [1.54, 1.807) is 12.1 Å². The van der Waals surface area contributed by atoms with Crippen LogP contribution in [0.2, 0.25) is 0 Å². The summed E-state index contributed by atoms with van der Waals surface area (Å²) in [5.41, 5.74) is 1.05. The maximum absolute atomic E-state index is 12.7. The Morgan fingerprint density at radius 3 is 2.42 bits per heavy atom. The van der Waals surface area contributed by atoms with Crippen molar-refractivity contribution < 1.29 is 64.0 Å². The molecule has 2 saturated heterocycles. The third-order valence-electron chi connectivity index (χ3n) is 7.93. The van der Waals surface area contributed by atoms with Crippen LogP contribution in [0.15, 0.2) is 48.8 Å². The zero-order valence-electron chi connectivity index (χ0n) is 23.4. The fourth-order valence-electron chi connectivity index (χ4n) is 5.57. The van der Waals surface area contributed by atoms with Crippen LogP contribution in [0.25, 0.3) is 0 Å². The van der Waals surface area contributed by atoms with E-state index in [4.69, 9.17) is 18.9 Å². The van der Waals surface area contributed by atoms with E-state index < -0.39 is 73.6 Å². The maximum Gasteiger partial charge on any atom is 0.337 e. The van der Waals surface area contributed by atoms with E-state index in [0.717, 1.165) is 11.8 Å². The third-order valence-corrected chi connectivity index (χ3v) is 7.93. The number of ketones is 2. The summed E-state index contributed by atoms with van der Waals surface area (Å²) >= 11 is 0. The van der Waals surface area contributed by atoms with Crippen LogP contribution in [0.4, 0.5) is 0 Å². The van der Waals surface area contributed by atoms with Gasteiger partial charge >= 0.3 is 5.97 Å². The molecular formula is C30H38O13. The Labute approximate surface area is 247 Å². The van der Waals surface area contributed by atoms with Gasteiger partial charge in [-0.05, 0) is 30.5 Å². The lowest BCUT2D eigenvalue weighted by Crippen LogP contribution is -2.60. The summed E-state index contributed by atoms with van der Waals surface area (Å²) < 4.78 is 22.2. The summed E-state index contributed by atoms with van der Waals surface area (Å²) in [5.74, 6) is -2.40. The minimum atomic E-state index is -1.66. The van der Waals surface area contributed by atoms with Gasteiger partial charge in [-0.1, -0.05) is 18.2 Å². The number of phenols is 1. The summed E-state index contributed by atoms with van der Waals surface area (Å²) in [6.07, 6.45) is -7.92. The quantitative estimate of drug-likeness (QED) is 0.127. The van der Waals surface area contributed by atoms with Crippen molar-refractivity contribution in [2.45, 2.75) is 87.7 Å². The summed E-state index contributed by atoms with van der Waals surface area (Å²) in [6.45, 7) is 3.16. The largest absolute Gasteiger partial charge is 0.508 e. The van der Waals surface area contributed by atoms with Crippen LogP contribution < -0.4 is 0 Å². The van der Waals surface area contributed by atoms with Gasteiger partial charge in [0.15, 0.2) is 6.29 Å². The molecule has 43 heavy (non-hydrogen) atoms. The molecule has 13 nitrogen and oxygen atoms in total. The minimum absolute atomic E-state index is 0.123. The Hall–Kier alpha value is -3.17. The molecule has 6 N–H and O–H groups in total. The molecule has 0 aromatic heterocycles. The second-order valence-electron chi connectivity index (χ2n) is 11.1. The van der Waals surface area contributed by atoms with Gasteiger partial charge in [-0.25, -0.2) is 4.79 Å². The van der Waals surface area contributed by atoms with Gasteiger partial charge in [0.25, 0.3) is 0 Å². The van der Waals surface area contributed by atoms with Gasteiger partial charge in [0.05, 0.1) is 24.5 Å². The molecule has 1 aromatic rings. The maximum atomic E-state index is 12.7. The summed E-state index contributed by atoms with van der Waals surface area (Å²) in [7, 11) is 0. The van der Waals surface area contributed by atoms with Crippen molar-refractivity contribution in [2.75, 3.05) is 6.61 Å². The molecule has 0 radical (unpaired) electrons. The van der Waals surface area contributed by atoms with E-state index >= 15 is 0 Å². The van der Waals surface area contributed by atoms with E-state index in [-0.39, 0.29) is 55.0 Å². The number of aromatic hydroxyl groups is 1. The molecule has 1 aromatic carbocycles. The molecule has 13 heteroatoms. The predicted molar refractivity (Wildman–Crippen MR) is 146 cm³/mol. The van der Waals surface area contributed by atoms with Crippen molar-refractivity contribution in [3.05, 3.63) is 54.3 Å². The number of esters is 1. The van der Waals surface area contributed by atoms with E-state index in [9.17, 15) is 45.0 Å². The zero-order valence-corrected chi connectivity index (χ0v) is 23.4. The molecule has 3 aliphatic rings. The SMILES string of the molecule is C=C[C@H]1[C@H](O[C@@H]2O[C@H](CO)[C@@H](O)[C@@H](O)[C@H]2O)OC=C2C(=O)OC(CC(=O)C[C@@H](O)CC(=O)CCc3ccc(O)cc3)C[C@H]21. The Bertz CT molecular complexity index is 1180. The molecular weight excluding hydrogens is 568 g/mol. The van der Waals surface area contributed by atoms with Gasteiger partial charge in [-0.2, -0.15) is 0 Å². The van der Waals surface area contributed by atoms with Gasteiger partial charge in [0.2, 0.25) is 6.29 Å². The van der Waals surface area contributed by atoms with Crippen molar-refractivity contribution in [3.63, 3.8) is 0 Å². The highest BCUT2D eigenvalue weighted by Crippen LogP contribution is 2.41. The minimum Gasteiger partial charge on any atom is -0.508 e. The Balaban J connectivity index is 1.30. The first-order valence-electron chi connectivity index (χ1n) is 14.1. The number of hydrogen-bond donors (Lipinski definition) is 6. The lowest BCUT2D eigenvalue weighted by molar-refractivity contribution is -0.339. The van der Waals surface area contributed by atoms with Crippen LogP contribution in [0.3, 0.4) is 0 Å². The van der Waals surface area contributed by atoms with Crippen molar-refractivity contribution in [2.24, 2.45) is 11.8 Å². The normalized spacial score (nSPS) is 32.9. The number of benzene rings is 1. The van der Waals surface area contributed by atoms with Gasteiger partial charge in [0.1, 0.15) is 47.8 Å². The first kappa shape index (κ1) is 32.7. The number of rotatable bonds is 13. The van der Waals surface area contributed by atoms with E-state index in [1.807, 2.05) is 0 Å². The van der Waals surface area contributed by atoms with Crippen molar-refractivity contribution in [1.29, 1.82) is 0 Å². The first-order valence-corrected chi connectivity index (χ1v) is 14.1. The number of carbonyl (C=O) groups is 3. The van der Waals surface area contributed by atoms with Crippen molar-refractivity contribution in [1.82, 2.24) is 0 Å². The number of hydrogen-bond acceptors (Lipinski definition) is 13. The molecule has 0 spiro atoms. The topological polar surface area (TPSA) is 210 Å². The molecule has 0 aliphatic carbocycles. The van der Waals surface area contributed by atoms with Gasteiger partial charge in [-0.3, -0.25) is 9.59 Å². The standard InChI is InChI=1S/C30H38O13/c1-2-21-22-12-20(11-19(35)10-18(34)9-17(33)8-5-15-3-6-16(32)7-4-15)41-28(39)23(22)14-40-29(21)43-30-27(38)26(37)25(36)24(13-31)42-30/h2-4,6-7,14,18,20-22,24-27,29-32,34,36-38H,1,5,8-13H2/t18-,20?,21+,22-,24+,25+,26+,27+,29-,30-/m0/s1. The van der Waals surface area contributed by atoms with Gasteiger partial charge in [0, 0.05) is 37.5 Å². The van der Waals surface area contributed by atoms with Crippen LogP contribution in [-0.2, 0) is 39.8 Å². The molecule has 2 fully saturated rings. The lowest BCUT2D eigenvalue weighted by atomic mass is 9.78. The average molecular weight is 607 g/mol. The number of carbonyl (C=O) groups excluding carboxylic acids is 3. The monoisotopic (exact) mass is 606 g/mol. The number of ether oxygens (including phenoxy) is 4. The fourth-order valence-corrected chi connectivity index (χ4v) is 5.57. The second-order valence-corrected chi connectivity index (χ2v) is 11.1. The van der Waals surface area contributed by atoms with Crippen LogP contribution in [0.5, 0.6) is 5.75 Å². The highest BCUT2D eigenvalue weighted by molar-refractivity contribution is 5.90. The molecule has 0 saturated carbocycles. The molecule has 3 heterocycles. The molecule has 10 atom stereocenters. The zero-order chi connectivity index (χ0) is 31.3. The number of aryl methyl sites for hydroxylation is 1. The summed E-state index contributed by atoms with van der Waals surface area (Å²) in [6, 6.07) is 6.45. The molecule has 3 aliphatic heterocycles. The van der Waals surface area contributed by atoms with E-state index in [0.29, 0.717) is 6.42 Å². The van der Waals surface area contributed by atoms with E-state index in [1.165, 1.54) is 18.2 Å². The second kappa shape index (κ2) is 14.5. The van der Waals surface area contributed by atoms with Crippen molar-refractivity contribution in [3.8, 4) is 5.75 Å². The van der Waals surface area contributed by atoms with Gasteiger partial charge in [-0.15, -0.1) is 6.58 Å². The highest BCUT2D eigenvalue weighted by atomic mass is 16.8. The number of phenolic OH excluding ortho intramolecular Hbond substituents is 1. The number of Topliss-reactive ketones (excluding diaryl/α,β-unsaturated/α-hetero) is 2. The number of aliphatic hydroxyl groups excluding tert-OH is 5. The Kier molecular flexibility index (Phi) is 11.1. The smallest absolute Gasteiger partial charge is 0.337 e.